The van der Waals surface area contributed by atoms with Crippen LogP contribution in [-0.2, 0) is 16.2 Å². The Morgan fingerprint density at radius 3 is 2.51 bits per heavy atom. The second kappa shape index (κ2) is 13.2. The SMILES string of the molecule is CCOc1cc(C=C2SC(=O)N(CC(=O)N3CCCCCC3)C2=O)cc(Br)c1OCc1cccc(C(=O)O)c1. The van der Waals surface area contributed by atoms with Crippen LogP contribution in [0.2, 0.25) is 0 Å². The first kappa shape index (κ1) is 28.7. The van der Waals surface area contributed by atoms with E-state index in [-0.39, 0.29) is 29.5 Å². The van der Waals surface area contributed by atoms with Crippen molar-refractivity contribution < 1.29 is 33.8 Å². The Labute approximate surface area is 239 Å². The van der Waals surface area contributed by atoms with Crippen molar-refractivity contribution in [3.63, 3.8) is 0 Å². The summed E-state index contributed by atoms with van der Waals surface area (Å²) in [7, 11) is 0. The lowest BCUT2D eigenvalue weighted by Crippen LogP contribution is -2.42. The highest BCUT2D eigenvalue weighted by molar-refractivity contribution is 9.10. The van der Waals surface area contributed by atoms with Crippen LogP contribution in [0.5, 0.6) is 11.5 Å². The second-order valence-corrected chi connectivity index (χ2v) is 11.0. The zero-order chi connectivity index (χ0) is 27.9. The van der Waals surface area contributed by atoms with E-state index in [2.05, 4.69) is 15.9 Å². The molecule has 2 saturated heterocycles. The Hall–Kier alpha value is -3.31. The molecule has 2 aromatic rings. The predicted molar refractivity (Wildman–Crippen MR) is 151 cm³/mol. The van der Waals surface area contributed by atoms with Gasteiger partial charge in [0.2, 0.25) is 5.91 Å². The summed E-state index contributed by atoms with van der Waals surface area (Å²) in [6, 6.07) is 9.91. The van der Waals surface area contributed by atoms with Gasteiger partial charge in [0.05, 0.1) is 21.5 Å². The van der Waals surface area contributed by atoms with E-state index >= 15 is 0 Å². The molecule has 9 nitrogen and oxygen atoms in total. The lowest BCUT2D eigenvalue weighted by atomic mass is 10.1. The zero-order valence-corrected chi connectivity index (χ0v) is 23.9. The maximum absolute atomic E-state index is 13.0. The minimum absolute atomic E-state index is 0.114. The molecule has 3 amide bonds. The number of carbonyl (C=O) groups is 4. The molecular formula is C28H29BrN2O7S. The number of halogens is 1. The number of benzene rings is 2. The van der Waals surface area contributed by atoms with Crippen LogP contribution in [0, 0.1) is 0 Å². The van der Waals surface area contributed by atoms with Gasteiger partial charge in [-0.1, -0.05) is 25.0 Å². The van der Waals surface area contributed by atoms with Gasteiger partial charge in [-0.25, -0.2) is 4.79 Å². The summed E-state index contributed by atoms with van der Waals surface area (Å²) in [6.45, 7) is 3.34. The first-order valence-electron chi connectivity index (χ1n) is 12.7. The number of nitrogens with zero attached hydrogens (tertiary/aromatic N) is 2. The number of carboxylic acids is 1. The van der Waals surface area contributed by atoms with E-state index in [9.17, 15) is 24.3 Å². The minimum Gasteiger partial charge on any atom is -0.490 e. The first-order chi connectivity index (χ1) is 18.8. The van der Waals surface area contributed by atoms with Gasteiger partial charge in [0.1, 0.15) is 13.2 Å². The number of thioether (sulfide) groups is 1. The van der Waals surface area contributed by atoms with E-state index in [0.717, 1.165) is 42.3 Å². The van der Waals surface area contributed by atoms with Crippen LogP contribution in [0.4, 0.5) is 4.79 Å². The zero-order valence-electron chi connectivity index (χ0n) is 21.5. The maximum Gasteiger partial charge on any atom is 0.335 e. The van der Waals surface area contributed by atoms with Crippen LogP contribution in [0.3, 0.4) is 0 Å². The number of rotatable bonds is 9. The lowest BCUT2D eigenvalue weighted by Gasteiger charge is -2.22. The third-order valence-electron chi connectivity index (χ3n) is 6.31. The highest BCUT2D eigenvalue weighted by atomic mass is 79.9. The molecule has 2 aliphatic rings. The summed E-state index contributed by atoms with van der Waals surface area (Å²) in [6.07, 6.45) is 5.61. The van der Waals surface area contributed by atoms with E-state index in [1.165, 1.54) is 6.07 Å². The maximum atomic E-state index is 13.0. The summed E-state index contributed by atoms with van der Waals surface area (Å²) in [5, 5.41) is 8.75. The highest BCUT2D eigenvalue weighted by Crippen LogP contribution is 2.39. The van der Waals surface area contributed by atoms with E-state index in [4.69, 9.17) is 9.47 Å². The number of carboxylic acid groups (broad SMARTS) is 1. The summed E-state index contributed by atoms with van der Waals surface area (Å²) >= 11 is 4.31. The monoisotopic (exact) mass is 616 g/mol. The number of amides is 3. The van der Waals surface area contributed by atoms with E-state index in [1.54, 1.807) is 41.3 Å². The van der Waals surface area contributed by atoms with Crippen molar-refractivity contribution >= 4 is 56.8 Å². The van der Waals surface area contributed by atoms with Crippen molar-refractivity contribution in [3.8, 4) is 11.5 Å². The summed E-state index contributed by atoms with van der Waals surface area (Å²) in [4.78, 5) is 52.6. The lowest BCUT2D eigenvalue weighted by molar-refractivity contribution is -0.135. The molecule has 0 unspecified atom stereocenters. The molecule has 2 fully saturated rings. The summed E-state index contributed by atoms with van der Waals surface area (Å²) in [5.41, 5.74) is 1.45. The van der Waals surface area contributed by atoms with Gasteiger partial charge in [0.25, 0.3) is 11.1 Å². The Morgan fingerprint density at radius 2 is 1.82 bits per heavy atom. The number of ether oxygens (including phenoxy) is 2. The molecule has 0 radical (unpaired) electrons. The second-order valence-electron chi connectivity index (χ2n) is 9.12. The van der Waals surface area contributed by atoms with Gasteiger partial charge in [-0.2, -0.15) is 0 Å². The van der Waals surface area contributed by atoms with Gasteiger partial charge in [0.15, 0.2) is 11.5 Å². The molecule has 4 rings (SSSR count). The molecule has 0 aliphatic carbocycles. The van der Waals surface area contributed by atoms with Crippen molar-refractivity contribution in [3.05, 3.63) is 62.5 Å². The molecule has 2 aromatic carbocycles. The Morgan fingerprint density at radius 1 is 1.08 bits per heavy atom. The Balaban J connectivity index is 1.50. The molecule has 39 heavy (non-hydrogen) atoms. The Bertz CT molecular complexity index is 1300. The van der Waals surface area contributed by atoms with Crippen LogP contribution in [0.1, 0.15) is 54.1 Å². The number of likely N-dealkylation sites (tertiary alicyclic amines) is 1. The van der Waals surface area contributed by atoms with Gasteiger partial charge in [-0.3, -0.25) is 19.3 Å². The average molecular weight is 618 g/mol. The largest absolute Gasteiger partial charge is 0.490 e. The number of aromatic carboxylic acids is 1. The molecule has 0 bridgehead atoms. The molecule has 0 spiro atoms. The molecule has 2 heterocycles. The molecule has 2 aliphatic heterocycles. The average Bonchev–Trinajstić information content (AvgIpc) is 3.09. The molecule has 11 heteroatoms. The normalized spacial score (nSPS) is 16.9. The van der Waals surface area contributed by atoms with Crippen LogP contribution in [0.15, 0.2) is 45.8 Å². The fourth-order valence-corrected chi connectivity index (χ4v) is 5.78. The molecule has 0 aromatic heterocycles. The van der Waals surface area contributed by atoms with Gasteiger partial charge in [0, 0.05) is 13.1 Å². The Kier molecular flexibility index (Phi) is 9.68. The fraction of sp³-hybridized carbons (Fsp3) is 0.357. The number of carbonyl (C=O) groups excluding carboxylic acids is 3. The molecule has 1 N–H and O–H groups in total. The van der Waals surface area contributed by atoms with Crippen LogP contribution in [-0.4, -0.2) is 64.2 Å². The fourth-order valence-electron chi connectivity index (χ4n) is 4.37. The number of imide groups is 1. The van der Waals surface area contributed by atoms with Crippen molar-refractivity contribution in [1.29, 1.82) is 0 Å². The van der Waals surface area contributed by atoms with Gasteiger partial charge >= 0.3 is 5.97 Å². The van der Waals surface area contributed by atoms with Gasteiger partial charge in [-0.15, -0.1) is 0 Å². The van der Waals surface area contributed by atoms with Crippen molar-refractivity contribution in [2.75, 3.05) is 26.2 Å². The molecular weight excluding hydrogens is 588 g/mol. The van der Waals surface area contributed by atoms with Crippen LogP contribution >= 0.6 is 27.7 Å². The van der Waals surface area contributed by atoms with E-state index < -0.39 is 17.1 Å². The third-order valence-corrected chi connectivity index (χ3v) is 7.81. The van der Waals surface area contributed by atoms with E-state index in [0.29, 0.717) is 46.8 Å². The van der Waals surface area contributed by atoms with Crippen molar-refractivity contribution in [2.24, 2.45) is 0 Å². The van der Waals surface area contributed by atoms with Crippen LogP contribution in [0.25, 0.3) is 6.08 Å². The van der Waals surface area contributed by atoms with Gasteiger partial charge in [-0.05, 0) is 88.9 Å². The first-order valence-corrected chi connectivity index (χ1v) is 14.3. The molecule has 206 valence electrons. The highest BCUT2D eigenvalue weighted by Gasteiger charge is 2.37. The number of hydrogen-bond acceptors (Lipinski definition) is 7. The molecule has 0 saturated carbocycles. The smallest absolute Gasteiger partial charge is 0.335 e. The van der Waals surface area contributed by atoms with Gasteiger partial charge < -0.3 is 19.5 Å². The predicted octanol–water partition coefficient (Wildman–Crippen LogP) is 5.56. The number of hydrogen-bond donors (Lipinski definition) is 1. The van der Waals surface area contributed by atoms with E-state index in [1.807, 2.05) is 6.92 Å². The summed E-state index contributed by atoms with van der Waals surface area (Å²) < 4.78 is 12.3. The topological polar surface area (TPSA) is 113 Å². The quantitative estimate of drug-likeness (QED) is 0.364. The van der Waals surface area contributed by atoms with Crippen LogP contribution < -0.4 is 9.47 Å². The standard InChI is InChI=1S/C28H29BrN2O7S/c1-2-37-22-14-19(13-21(29)25(22)38-17-18-8-7-9-20(12-18)27(34)35)15-23-26(33)31(28(36)39-23)16-24(32)30-10-5-3-4-6-11-30/h7-9,12-15H,2-6,10-11,16-17H2,1H3,(H,34,35). The summed E-state index contributed by atoms with van der Waals surface area (Å²) in [5.74, 6) is -0.889. The van der Waals surface area contributed by atoms with Crippen molar-refractivity contribution in [2.45, 2.75) is 39.2 Å². The van der Waals surface area contributed by atoms with Crippen molar-refractivity contribution in [1.82, 2.24) is 9.80 Å². The minimum atomic E-state index is -1.02. The third kappa shape index (κ3) is 7.21. The molecule has 0 atom stereocenters.